The average Bonchev–Trinajstić information content (AvgIpc) is 3.11. The van der Waals surface area contributed by atoms with Crippen molar-refractivity contribution in [2.24, 2.45) is 0 Å². The Morgan fingerprint density at radius 2 is 1.62 bits per heavy atom. The second-order valence-corrected chi connectivity index (χ2v) is 8.66. The minimum Gasteiger partial charge on any atom is -0.299 e. The number of piperidine rings is 2. The third kappa shape index (κ3) is 3.86. The topological polar surface area (TPSA) is 78.4 Å². The number of nitrogens with one attached hydrogen (secondary N) is 1. The van der Waals surface area contributed by atoms with E-state index in [1.165, 1.54) is 12.1 Å². The number of aromatic amines is 1. The maximum Gasteiger partial charge on any atom is 0.294 e. The SMILES string of the molecule is O=C1CCCC(=O)N1n1[nH]c2cc(C3CCN(Cc4ccc(F)cc4)CC3)ccc2c1=O. The number of hydrogen-bond acceptors (Lipinski definition) is 4. The monoisotopic (exact) mass is 436 g/mol. The van der Waals surface area contributed by atoms with Crippen molar-refractivity contribution in [3.05, 3.63) is 69.8 Å². The number of hydrogen-bond donors (Lipinski definition) is 1. The number of likely N-dealkylation sites (tertiary alicyclic amines) is 1. The number of fused-ring (bicyclic) bond motifs is 1. The quantitative estimate of drug-likeness (QED) is 0.638. The molecule has 3 aromatic rings. The van der Waals surface area contributed by atoms with Crippen LogP contribution in [0.4, 0.5) is 4.39 Å². The van der Waals surface area contributed by atoms with Crippen molar-refractivity contribution >= 4 is 22.7 Å². The number of amides is 2. The van der Waals surface area contributed by atoms with Crippen LogP contribution in [0.1, 0.15) is 49.1 Å². The van der Waals surface area contributed by atoms with Crippen molar-refractivity contribution in [2.75, 3.05) is 18.1 Å². The molecule has 8 heteroatoms. The highest BCUT2D eigenvalue weighted by Crippen LogP contribution is 2.30. The average molecular weight is 436 g/mol. The first-order valence-corrected chi connectivity index (χ1v) is 11.1. The second kappa shape index (κ2) is 8.35. The standard InChI is InChI=1S/C24H25FN4O3/c25-19-7-4-16(5-8-19)15-27-12-10-17(11-13-27)18-6-9-20-21(14-18)26-29(24(20)32)28-22(30)2-1-3-23(28)31/h4-9,14,17,26H,1-3,10-13,15H2. The van der Waals surface area contributed by atoms with Gasteiger partial charge in [-0.2, -0.15) is 5.01 Å². The molecule has 3 heterocycles. The number of aromatic nitrogens is 2. The van der Waals surface area contributed by atoms with Crippen molar-refractivity contribution in [3.8, 4) is 0 Å². The van der Waals surface area contributed by atoms with Gasteiger partial charge in [0.05, 0.1) is 10.9 Å². The van der Waals surface area contributed by atoms with Crippen LogP contribution in [0.15, 0.2) is 47.3 Å². The number of rotatable bonds is 4. The lowest BCUT2D eigenvalue weighted by Gasteiger charge is -2.32. The summed E-state index contributed by atoms with van der Waals surface area (Å²) in [6, 6.07) is 12.4. The van der Waals surface area contributed by atoms with E-state index in [2.05, 4.69) is 10.00 Å². The van der Waals surface area contributed by atoms with Crippen LogP contribution < -0.4 is 10.6 Å². The fourth-order valence-corrected chi connectivity index (χ4v) is 4.75. The van der Waals surface area contributed by atoms with Crippen LogP contribution >= 0.6 is 0 Å². The van der Waals surface area contributed by atoms with E-state index in [-0.39, 0.29) is 36.0 Å². The molecule has 2 amide bonds. The Hall–Kier alpha value is -3.26. The number of carbonyl (C=O) groups is 2. The molecule has 166 valence electrons. The predicted molar refractivity (Wildman–Crippen MR) is 118 cm³/mol. The molecule has 7 nitrogen and oxygen atoms in total. The van der Waals surface area contributed by atoms with Gasteiger partial charge in [-0.25, -0.2) is 4.39 Å². The van der Waals surface area contributed by atoms with Crippen LogP contribution in [-0.2, 0) is 16.1 Å². The lowest BCUT2D eigenvalue weighted by atomic mass is 9.89. The summed E-state index contributed by atoms with van der Waals surface area (Å²) in [6.45, 7) is 2.68. The summed E-state index contributed by atoms with van der Waals surface area (Å²) < 4.78 is 13.1. The van der Waals surface area contributed by atoms with Gasteiger partial charge >= 0.3 is 0 Å². The molecule has 2 fully saturated rings. The maximum absolute atomic E-state index is 13.1. The molecule has 0 saturated carbocycles. The highest BCUT2D eigenvalue weighted by atomic mass is 19.1. The molecule has 2 saturated heterocycles. The van der Waals surface area contributed by atoms with Gasteiger partial charge < -0.3 is 0 Å². The van der Waals surface area contributed by atoms with Crippen LogP contribution in [0.3, 0.4) is 0 Å². The number of nitrogens with zero attached hydrogens (tertiary/aromatic N) is 3. The first-order chi connectivity index (χ1) is 15.5. The van der Waals surface area contributed by atoms with Gasteiger partial charge in [0.1, 0.15) is 5.82 Å². The van der Waals surface area contributed by atoms with E-state index in [1.54, 1.807) is 6.07 Å². The molecular weight excluding hydrogens is 411 g/mol. The number of carbonyl (C=O) groups excluding carboxylic acids is 2. The third-order valence-corrected chi connectivity index (χ3v) is 6.52. The molecule has 0 bridgehead atoms. The Balaban J connectivity index is 1.31. The molecule has 2 aliphatic heterocycles. The van der Waals surface area contributed by atoms with Gasteiger partial charge in [0.2, 0.25) is 11.8 Å². The molecule has 1 N–H and O–H groups in total. The summed E-state index contributed by atoms with van der Waals surface area (Å²) in [5.74, 6) is -0.565. The van der Waals surface area contributed by atoms with E-state index in [1.807, 2.05) is 24.3 Å². The summed E-state index contributed by atoms with van der Waals surface area (Å²) in [7, 11) is 0. The van der Waals surface area contributed by atoms with Gasteiger partial charge in [0.15, 0.2) is 0 Å². The van der Waals surface area contributed by atoms with Gasteiger partial charge in [-0.05, 0) is 73.7 Å². The van der Waals surface area contributed by atoms with Gasteiger partial charge in [-0.1, -0.05) is 18.2 Å². The third-order valence-electron chi connectivity index (χ3n) is 6.52. The summed E-state index contributed by atoms with van der Waals surface area (Å²) in [5.41, 5.74) is 2.49. The molecule has 2 aliphatic rings. The van der Waals surface area contributed by atoms with E-state index >= 15 is 0 Å². The van der Waals surface area contributed by atoms with Crippen LogP contribution in [0.5, 0.6) is 0 Å². The van der Waals surface area contributed by atoms with Crippen LogP contribution in [0, 0.1) is 5.82 Å². The van der Waals surface area contributed by atoms with Crippen molar-refractivity contribution in [1.82, 2.24) is 14.8 Å². The molecule has 32 heavy (non-hydrogen) atoms. The molecule has 0 spiro atoms. The van der Waals surface area contributed by atoms with Crippen molar-refractivity contribution in [3.63, 3.8) is 0 Å². The smallest absolute Gasteiger partial charge is 0.294 e. The van der Waals surface area contributed by atoms with Crippen molar-refractivity contribution in [2.45, 2.75) is 44.6 Å². The van der Waals surface area contributed by atoms with E-state index < -0.39 is 0 Å². The molecule has 0 unspecified atom stereocenters. The van der Waals surface area contributed by atoms with E-state index in [0.717, 1.165) is 53.4 Å². The zero-order valence-corrected chi connectivity index (χ0v) is 17.7. The molecule has 5 rings (SSSR count). The highest BCUT2D eigenvalue weighted by molar-refractivity contribution is 6.10. The zero-order chi connectivity index (χ0) is 22.2. The summed E-state index contributed by atoms with van der Waals surface area (Å²) >= 11 is 0. The molecule has 0 aliphatic carbocycles. The van der Waals surface area contributed by atoms with Gasteiger partial charge in [-0.15, -0.1) is 4.79 Å². The minimum absolute atomic E-state index is 0.219. The molecule has 1 aromatic heterocycles. The Kier molecular flexibility index (Phi) is 5.38. The normalized spacial score (nSPS) is 18.6. The molecule has 0 atom stereocenters. The van der Waals surface area contributed by atoms with Crippen molar-refractivity contribution < 1.29 is 14.0 Å². The van der Waals surface area contributed by atoms with Gasteiger partial charge in [0.25, 0.3) is 5.56 Å². The Morgan fingerprint density at radius 1 is 0.938 bits per heavy atom. The van der Waals surface area contributed by atoms with E-state index in [0.29, 0.717) is 23.2 Å². The van der Waals surface area contributed by atoms with Crippen LogP contribution in [0.25, 0.3) is 10.9 Å². The van der Waals surface area contributed by atoms with Gasteiger partial charge in [-0.3, -0.25) is 24.4 Å². The van der Waals surface area contributed by atoms with Gasteiger partial charge in [0, 0.05) is 19.4 Å². The first-order valence-electron chi connectivity index (χ1n) is 11.1. The highest BCUT2D eigenvalue weighted by Gasteiger charge is 2.30. The lowest BCUT2D eigenvalue weighted by Crippen LogP contribution is -2.52. The zero-order valence-electron chi connectivity index (χ0n) is 17.7. The Labute approximate surface area is 184 Å². The lowest BCUT2D eigenvalue weighted by molar-refractivity contribution is -0.131. The first kappa shape index (κ1) is 20.6. The second-order valence-electron chi connectivity index (χ2n) is 8.66. The summed E-state index contributed by atoms with van der Waals surface area (Å²) in [6.07, 6.45) is 3.01. The minimum atomic E-state index is -0.385. The fraction of sp³-hybridized carbons (Fsp3) is 0.375. The maximum atomic E-state index is 13.1. The molecule has 0 radical (unpaired) electrons. The van der Waals surface area contributed by atoms with Crippen LogP contribution in [-0.4, -0.2) is 39.7 Å². The Bertz CT molecular complexity index is 1210. The van der Waals surface area contributed by atoms with Crippen molar-refractivity contribution in [1.29, 1.82) is 0 Å². The van der Waals surface area contributed by atoms with E-state index in [4.69, 9.17) is 0 Å². The van der Waals surface area contributed by atoms with Crippen LogP contribution in [0.2, 0.25) is 0 Å². The van der Waals surface area contributed by atoms with E-state index in [9.17, 15) is 18.8 Å². The number of imide groups is 1. The predicted octanol–water partition coefficient (Wildman–Crippen LogP) is 3.02. The number of benzene rings is 2. The summed E-state index contributed by atoms with van der Waals surface area (Å²) in [5, 5.41) is 4.38. The fourth-order valence-electron chi connectivity index (χ4n) is 4.75. The Morgan fingerprint density at radius 3 is 2.31 bits per heavy atom. The number of halogens is 1. The number of H-pyrrole nitrogens is 1. The summed E-state index contributed by atoms with van der Waals surface area (Å²) in [4.78, 5) is 40.7. The largest absolute Gasteiger partial charge is 0.299 e. The molecular formula is C24H25FN4O3. The molecule has 2 aromatic carbocycles.